The zero-order valence-electron chi connectivity index (χ0n) is 15.6. The average Bonchev–Trinajstić information content (AvgIpc) is 2.95. The number of aromatic nitrogens is 2. The van der Waals surface area contributed by atoms with Crippen LogP contribution in [0, 0.1) is 25.2 Å². The van der Waals surface area contributed by atoms with E-state index >= 15 is 0 Å². The number of benzene rings is 2. The second kappa shape index (κ2) is 8.55. The van der Waals surface area contributed by atoms with Gasteiger partial charge >= 0.3 is 0 Å². The Labute approximate surface area is 168 Å². The number of carbonyl (C=O) groups is 1. The average molecular weight is 391 g/mol. The topological polar surface area (TPSA) is 70.7 Å². The summed E-state index contributed by atoms with van der Waals surface area (Å²) in [5, 5.41) is 17.0. The number of nitrogens with zero attached hydrogens (tertiary/aromatic N) is 3. The number of hydrogen-bond acceptors (Lipinski definition) is 3. The number of anilines is 1. The Morgan fingerprint density at radius 2 is 1.86 bits per heavy atom. The first-order valence-corrected chi connectivity index (χ1v) is 9.12. The van der Waals surface area contributed by atoms with Gasteiger partial charge in [-0.25, -0.2) is 4.68 Å². The van der Waals surface area contributed by atoms with Crippen LogP contribution in [0.4, 0.5) is 5.69 Å². The number of nitriles is 1. The van der Waals surface area contributed by atoms with E-state index in [0.29, 0.717) is 28.6 Å². The Hall–Kier alpha value is -3.36. The molecule has 0 bridgehead atoms. The first-order valence-electron chi connectivity index (χ1n) is 8.74. The van der Waals surface area contributed by atoms with Crippen LogP contribution >= 0.6 is 11.6 Å². The maximum Gasteiger partial charge on any atom is 0.266 e. The van der Waals surface area contributed by atoms with Crippen molar-refractivity contribution in [2.75, 3.05) is 5.32 Å². The van der Waals surface area contributed by atoms with Crippen molar-refractivity contribution in [2.24, 2.45) is 0 Å². The van der Waals surface area contributed by atoms with Gasteiger partial charge in [-0.1, -0.05) is 59.6 Å². The maximum absolute atomic E-state index is 12.5. The van der Waals surface area contributed by atoms with Crippen LogP contribution in [0.3, 0.4) is 0 Å². The molecule has 0 spiro atoms. The minimum Gasteiger partial charge on any atom is -0.321 e. The lowest BCUT2D eigenvalue weighted by Gasteiger charge is -2.05. The smallest absolute Gasteiger partial charge is 0.266 e. The molecule has 5 nitrogen and oxygen atoms in total. The second-order valence-electron chi connectivity index (χ2n) is 6.42. The van der Waals surface area contributed by atoms with E-state index in [1.807, 2.05) is 55.5 Å². The van der Waals surface area contributed by atoms with E-state index in [1.54, 1.807) is 23.7 Å². The molecule has 0 atom stereocenters. The molecule has 0 radical (unpaired) electrons. The van der Waals surface area contributed by atoms with Crippen LogP contribution in [-0.2, 0) is 11.3 Å². The van der Waals surface area contributed by atoms with E-state index < -0.39 is 5.91 Å². The van der Waals surface area contributed by atoms with Crippen molar-refractivity contribution >= 4 is 29.3 Å². The van der Waals surface area contributed by atoms with Gasteiger partial charge in [0.1, 0.15) is 16.8 Å². The first-order chi connectivity index (χ1) is 13.5. The fourth-order valence-corrected chi connectivity index (χ4v) is 3.01. The summed E-state index contributed by atoms with van der Waals surface area (Å²) < 4.78 is 1.66. The summed E-state index contributed by atoms with van der Waals surface area (Å²) in [4.78, 5) is 12.5. The lowest BCUT2D eigenvalue weighted by atomic mass is 10.1. The molecule has 2 aromatic carbocycles. The quantitative estimate of drug-likeness (QED) is 0.505. The molecule has 1 aromatic heterocycles. The molecular weight excluding hydrogens is 372 g/mol. The van der Waals surface area contributed by atoms with Gasteiger partial charge in [0, 0.05) is 11.3 Å². The maximum atomic E-state index is 12.5. The van der Waals surface area contributed by atoms with E-state index in [2.05, 4.69) is 10.4 Å². The van der Waals surface area contributed by atoms with Crippen molar-refractivity contribution in [1.29, 1.82) is 5.26 Å². The number of carbonyl (C=O) groups excluding carboxylic acids is 1. The highest BCUT2D eigenvalue weighted by Crippen LogP contribution is 2.24. The highest BCUT2D eigenvalue weighted by atomic mass is 35.5. The van der Waals surface area contributed by atoms with E-state index in [0.717, 1.165) is 11.1 Å². The zero-order chi connectivity index (χ0) is 20.1. The normalized spacial score (nSPS) is 11.1. The van der Waals surface area contributed by atoms with Gasteiger partial charge in [0.2, 0.25) is 0 Å². The van der Waals surface area contributed by atoms with Crippen LogP contribution < -0.4 is 5.32 Å². The van der Waals surface area contributed by atoms with E-state index in [1.165, 1.54) is 6.08 Å². The fourth-order valence-electron chi connectivity index (χ4n) is 2.72. The van der Waals surface area contributed by atoms with Crippen LogP contribution in [0.15, 0.2) is 60.2 Å². The highest BCUT2D eigenvalue weighted by Gasteiger charge is 2.16. The second-order valence-corrected chi connectivity index (χ2v) is 6.78. The predicted molar refractivity (Wildman–Crippen MR) is 111 cm³/mol. The summed E-state index contributed by atoms with van der Waals surface area (Å²) in [5.74, 6) is -0.488. The molecule has 0 aliphatic carbocycles. The Balaban J connectivity index is 1.85. The summed E-state index contributed by atoms with van der Waals surface area (Å²) in [7, 11) is 0. The lowest BCUT2D eigenvalue weighted by molar-refractivity contribution is -0.112. The minimum atomic E-state index is -0.488. The molecule has 0 saturated carbocycles. The van der Waals surface area contributed by atoms with Crippen LogP contribution in [0.25, 0.3) is 6.08 Å². The number of halogens is 1. The minimum absolute atomic E-state index is 0.0372. The summed E-state index contributed by atoms with van der Waals surface area (Å²) in [5.41, 5.74) is 3.94. The summed E-state index contributed by atoms with van der Waals surface area (Å²) >= 11 is 6.48. The molecule has 0 saturated heterocycles. The summed E-state index contributed by atoms with van der Waals surface area (Å²) in [6.45, 7) is 4.27. The predicted octanol–water partition coefficient (Wildman–Crippen LogP) is 4.75. The molecule has 140 valence electrons. The molecule has 0 aliphatic heterocycles. The third-order valence-corrected chi connectivity index (χ3v) is 4.65. The number of rotatable bonds is 5. The highest BCUT2D eigenvalue weighted by molar-refractivity contribution is 6.31. The van der Waals surface area contributed by atoms with Crippen molar-refractivity contribution in [2.45, 2.75) is 20.4 Å². The zero-order valence-corrected chi connectivity index (χ0v) is 16.4. The van der Waals surface area contributed by atoms with Crippen molar-refractivity contribution in [3.8, 4) is 6.07 Å². The molecule has 3 rings (SSSR count). The van der Waals surface area contributed by atoms with Gasteiger partial charge in [0.15, 0.2) is 0 Å². The fraction of sp³-hybridized carbons (Fsp3) is 0.136. The molecule has 0 fully saturated rings. The molecule has 3 aromatic rings. The van der Waals surface area contributed by atoms with Crippen molar-refractivity contribution in [3.05, 3.63) is 87.7 Å². The Kier molecular flexibility index (Phi) is 5.93. The standard InChI is InChI=1S/C22H19ClN4O/c1-15-8-10-19(11-9-15)25-22(28)18(13-24)12-20-16(2)26-27(21(20)23)14-17-6-4-3-5-7-17/h3-12H,14H2,1-2H3,(H,25,28)/b18-12+. The number of amides is 1. The van der Waals surface area contributed by atoms with Crippen molar-refractivity contribution in [3.63, 3.8) is 0 Å². The Morgan fingerprint density at radius 3 is 2.50 bits per heavy atom. The van der Waals surface area contributed by atoms with Gasteiger partial charge in [0.05, 0.1) is 12.2 Å². The number of aryl methyl sites for hydroxylation is 2. The SMILES string of the molecule is Cc1ccc(NC(=O)/C(C#N)=C/c2c(C)nn(Cc3ccccc3)c2Cl)cc1. The Morgan fingerprint density at radius 1 is 1.18 bits per heavy atom. The third kappa shape index (κ3) is 4.48. The van der Waals surface area contributed by atoms with Gasteiger partial charge in [-0.3, -0.25) is 4.79 Å². The van der Waals surface area contributed by atoms with Crippen LogP contribution in [0.2, 0.25) is 5.15 Å². The molecule has 6 heteroatoms. The molecule has 0 unspecified atom stereocenters. The van der Waals surface area contributed by atoms with Crippen LogP contribution in [0.5, 0.6) is 0 Å². The summed E-state index contributed by atoms with van der Waals surface area (Å²) in [6, 6.07) is 19.1. The lowest BCUT2D eigenvalue weighted by Crippen LogP contribution is -2.13. The number of nitrogens with one attached hydrogen (secondary N) is 1. The van der Waals surface area contributed by atoms with Crippen LogP contribution in [-0.4, -0.2) is 15.7 Å². The van der Waals surface area contributed by atoms with Gasteiger partial charge in [-0.05, 0) is 37.6 Å². The van der Waals surface area contributed by atoms with Gasteiger partial charge in [-0.2, -0.15) is 10.4 Å². The molecule has 1 N–H and O–H groups in total. The van der Waals surface area contributed by atoms with Gasteiger partial charge in [0.25, 0.3) is 5.91 Å². The molecule has 1 heterocycles. The van der Waals surface area contributed by atoms with Gasteiger partial charge in [-0.15, -0.1) is 0 Å². The van der Waals surface area contributed by atoms with Crippen LogP contribution in [0.1, 0.15) is 22.4 Å². The van der Waals surface area contributed by atoms with Crippen molar-refractivity contribution in [1.82, 2.24) is 9.78 Å². The molecular formula is C22H19ClN4O. The van der Waals surface area contributed by atoms with Crippen molar-refractivity contribution < 1.29 is 4.79 Å². The van der Waals surface area contributed by atoms with E-state index in [9.17, 15) is 10.1 Å². The van der Waals surface area contributed by atoms with E-state index in [4.69, 9.17) is 11.6 Å². The molecule has 1 amide bonds. The number of hydrogen-bond donors (Lipinski definition) is 1. The summed E-state index contributed by atoms with van der Waals surface area (Å²) in [6.07, 6.45) is 1.48. The molecule has 0 aliphatic rings. The monoisotopic (exact) mass is 390 g/mol. The van der Waals surface area contributed by atoms with E-state index in [-0.39, 0.29) is 5.57 Å². The van der Waals surface area contributed by atoms with Gasteiger partial charge < -0.3 is 5.32 Å². The third-order valence-electron chi connectivity index (χ3n) is 4.25. The molecule has 28 heavy (non-hydrogen) atoms. The largest absolute Gasteiger partial charge is 0.321 e. The first kappa shape index (κ1) is 19.4. The Bertz CT molecular complexity index is 1060.